The highest BCUT2D eigenvalue weighted by molar-refractivity contribution is 8.14. The van der Waals surface area contributed by atoms with Crippen LogP contribution in [0.5, 0.6) is 0 Å². The minimum absolute atomic E-state index is 0.0255. The molecule has 58 valence electrons. The molecular formula is C7H12O2S. The molecule has 0 rings (SSSR count). The van der Waals surface area contributed by atoms with Gasteiger partial charge in [-0.05, 0) is 6.92 Å². The molecule has 0 spiro atoms. The van der Waals surface area contributed by atoms with E-state index in [1.165, 1.54) is 18.7 Å². The second-order valence-electron chi connectivity index (χ2n) is 2.42. The van der Waals surface area contributed by atoms with E-state index in [9.17, 15) is 9.59 Å². The molecule has 0 fully saturated rings. The second-order valence-corrected chi connectivity index (χ2v) is 4.05. The highest BCUT2D eigenvalue weighted by Crippen LogP contribution is 2.12. The number of thioether (sulfide) groups is 1. The Kier molecular flexibility index (Phi) is 4.36. The first kappa shape index (κ1) is 9.69. The molecule has 0 aromatic rings. The molecule has 0 aliphatic rings. The third-order valence-electron chi connectivity index (χ3n) is 0.760. The molecule has 0 bridgehead atoms. The van der Waals surface area contributed by atoms with Crippen molar-refractivity contribution in [3.05, 3.63) is 0 Å². The minimum atomic E-state index is -0.0573. The fraction of sp³-hybridized carbons (Fsp3) is 0.714. The lowest BCUT2D eigenvalue weighted by atomic mass is 10.3. The normalized spacial score (nSPS) is 10.0. The van der Waals surface area contributed by atoms with Gasteiger partial charge in [0.2, 0.25) is 0 Å². The third-order valence-corrected chi connectivity index (χ3v) is 1.64. The predicted octanol–water partition coefficient (Wildman–Crippen LogP) is 1.63. The van der Waals surface area contributed by atoms with Crippen LogP contribution in [0.1, 0.15) is 27.2 Å². The van der Waals surface area contributed by atoms with E-state index in [0.717, 1.165) is 0 Å². The molecule has 0 saturated heterocycles. The average Bonchev–Trinajstić information content (AvgIpc) is 1.58. The molecule has 0 unspecified atom stereocenters. The maximum absolute atomic E-state index is 10.8. The Morgan fingerprint density at radius 1 is 1.40 bits per heavy atom. The fourth-order valence-corrected chi connectivity index (χ4v) is 1.32. The molecule has 2 nitrogen and oxygen atoms in total. The molecule has 0 aliphatic heterocycles. The third kappa shape index (κ3) is 5.82. The van der Waals surface area contributed by atoms with Crippen LogP contribution in [0.3, 0.4) is 0 Å². The van der Waals surface area contributed by atoms with Gasteiger partial charge in [-0.1, -0.05) is 25.6 Å². The van der Waals surface area contributed by atoms with Crippen LogP contribution in [-0.4, -0.2) is 16.1 Å². The van der Waals surface area contributed by atoms with Crippen LogP contribution in [-0.2, 0) is 9.59 Å². The maximum Gasteiger partial charge on any atom is 0.196 e. The molecule has 0 saturated carbocycles. The lowest BCUT2D eigenvalue weighted by Crippen LogP contribution is -2.02. The van der Waals surface area contributed by atoms with E-state index in [2.05, 4.69) is 0 Å². The number of carbonyl (C=O) groups excluding carboxylic acids is 2. The highest BCUT2D eigenvalue weighted by atomic mass is 32.2. The van der Waals surface area contributed by atoms with Gasteiger partial charge in [0.05, 0.1) is 6.42 Å². The van der Waals surface area contributed by atoms with Crippen LogP contribution in [0, 0.1) is 0 Å². The first-order chi connectivity index (χ1) is 4.52. The van der Waals surface area contributed by atoms with Crippen LogP contribution < -0.4 is 0 Å². The van der Waals surface area contributed by atoms with Crippen molar-refractivity contribution in [1.29, 1.82) is 0 Å². The summed E-state index contributed by atoms with van der Waals surface area (Å²) < 4.78 is 0. The molecule has 0 aromatic heterocycles. The van der Waals surface area contributed by atoms with Crippen molar-refractivity contribution in [2.24, 2.45) is 0 Å². The number of ketones is 1. The van der Waals surface area contributed by atoms with E-state index < -0.39 is 0 Å². The van der Waals surface area contributed by atoms with E-state index in [1.54, 1.807) is 0 Å². The largest absolute Gasteiger partial charge is 0.300 e. The summed E-state index contributed by atoms with van der Waals surface area (Å²) in [5.41, 5.74) is 0. The minimum Gasteiger partial charge on any atom is -0.300 e. The monoisotopic (exact) mass is 160 g/mol. The Morgan fingerprint density at radius 3 is 2.20 bits per heavy atom. The molecule has 0 heterocycles. The van der Waals surface area contributed by atoms with Gasteiger partial charge in [-0.25, -0.2) is 0 Å². The number of Topliss-reactive ketones (excluding diaryl/α,β-unsaturated/α-hetero) is 1. The van der Waals surface area contributed by atoms with Gasteiger partial charge in [0.25, 0.3) is 0 Å². The number of hydrogen-bond donors (Lipinski definition) is 0. The second kappa shape index (κ2) is 4.50. The Hall–Kier alpha value is -0.310. The Labute approximate surface area is 65.4 Å². The van der Waals surface area contributed by atoms with Crippen molar-refractivity contribution in [3.8, 4) is 0 Å². The van der Waals surface area contributed by atoms with Gasteiger partial charge in [-0.3, -0.25) is 9.59 Å². The van der Waals surface area contributed by atoms with Crippen LogP contribution in [0.2, 0.25) is 0 Å². The summed E-state index contributed by atoms with van der Waals surface area (Å²) in [6.07, 6.45) is 0.0723. The van der Waals surface area contributed by atoms with Crippen molar-refractivity contribution in [2.75, 3.05) is 0 Å². The van der Waals surface area contributed by atoms with Crippen LogP contribution >= 0.6 is 11.8 Å². The topological polar surface area (TPSA) is 34.1 Å². The van der Waals surface area contributed by atoms with Gasteiger partial charge in [0.15, 0.2) is 5.12 Å². The van der Waals surface area contributed by atoms with Gasteiger partial charge < -0.3 is 0 Å². The van der Waals surface area contributed by atoms with Gasteiger partial charge in [-0.2, -0.15) is 0 Å². The predicted molar refractivity (Wildman–Crippen MR) is 43.0 cm³/mol. The van der Waals surface area contributed by atoms with Crippen molar-refractivity contribution < 1.29 is 9.59 Å². The Bertz CT molecular complexity index is 141. The van der Waals surface area contributed by atoms with Gasteiger partial charge in [0.1, 0.15) is 5.78 Å². The summed E-state index contributed by atoms with van der Waals surface area (Å²) in [6, 6.07) is 0. The Morgan fingerprint density at radius 2 is 1.90 bits per heavy atom. The van der Waals surface area contributed by atoms with E-state index in [1.807, 2.05) is 13.8 Å². The van der Waals surface area contributed by atoms with E-state index in [0.29, 0.717) is 0 Å². The lowest BCUT2D eigenvalue weighted by Gasteiger charge is -1.99. The SMILES string of the molecule is CC(=O)CC(=O)SC(C)C. The summed E-state index contributed by atoms with van der Waals surface area (Å²) in [7, 11) is 0. The van der Waals surface area contributed by atoms with Gasteiger partial charge in [0, 0.05) is 5.25 Å². The smallest absolute Gasteiger partial charge is 0.196 e. The summed E-state index contributed by atoms with van der Waals surface area (Å²) in [5.74, 6) is -0.0573. The first-order valence-corrected chi connectivity index (χ1v) is 4.09. The van der Waals surface area contributed by atoms with Crippen LogP contribution in [0.15, 0.2) is 0 Å². The van der Waals surface area contributed by atoms with E-state index >= 15 is 0 Å². The van der Waals surface area contributed by atoms with E-state index in [4.69, 9.17) is 0 Å². The first-order valence-electron chi connectivity index (χ1n) is 3.21. The standard InChI is InChI=1S/C7H12O2S/c1-5(2)10-7(9)4-6(3)8/h5H,4H2,1-3H3. The lowest BCUT2D eigenvalue weighted by molar-refractivity contribution is -0.121. The number of hydrogen-bond acceptors (Lipinski definition) is 3. The number of rotatable bonds is 3. The van der Waals surface area contributed by atoms with Crippen molar-refractivity contribution in [2.45, 2.75) is 32.4 Å². The summed E-state index contributed by atoms with van der Waals surface area (Å²) in [6.45, 7) is 5.30. The molecular weight excluding hydrogens is 148 g/mol. The molecule has 0 atom stereocenters. The molecule has 0 aliphatic carbocycles. The molecule has 0 N–H and O–H groups in total. The molecule has 3 heteroatoms. The number of carbonyl (C=O) groups is 2. The summed E-state index contributed by atoms with van der Waals surface area (Å²) >= 11 is 1.22. The zero-order chi connectivity index (χ0) is 8.15. The van der Waals surface area contributed by atoms with Crippen molar-refractivity contribution >= 4 is 22.7 Å². The van der Waals surface area contributed by atoms with E-state index in [-0.39, 0.29) is 22.6 Å². The summed E-state index contributed by atoms with van der Waals surface area (Å²) in [5, 5.41) is 0.259. The van der Waals surface area contributed by atoms with Crippen molar-refractivity contribution in [3.63, 3.8) is 0 Å². The van der Waals surface area contributed by atoms with Gasteiger partial charge in [-0.15, -0.1) is 0 Å². The Balaban J connectivity index is 3.54. The zero-order valence-corrected chi connectivity index (χ0v) is 7.33. The average molecular weight is 160 g/mol. The summed E-state index contributed by atoms with van der Waals surface area (Å²) in [4.78, 5) is 21.2. The molecule has 10 heavy (non-hydrogen) atoms. The van der Waals surface area contributed by atoms with Crippen molar-refractivity contribution in [1.82, 2.24) is 0 Å². The maximum atomic E-state index is 10.8. The van der Waals surface area contributed by atoms with Crippen LogP contribution in [0.4, 0.5) is 0 Å². The van der Waals surface area contributed by atoms with Gasteiger partial charge >= 0.3 is 0 Å². The highest BCUT2D eigenvalue weighted by Gasteiger charge is 2.07. The fourth-order valence-electron chi connectivity index (χ4n) is 0.508. The molecule has 0 amide bonds. The zero-order valence-electron chi connectivity index (χ0n) is 6.51. The van der Waals surface area contributed by atoms with Crippen LogP contribution in [0.25, 0.3) is 0 Å². The molecule has 0 aromatic carbocycles. The molecule has 0 radical (unpaired) electrons. The quantitative estimate of drug-likeness (QED) is 0.588.